The summed E-state index contributed by atoms with van der Waals surface area (Å²) in [7, 11) is 0. The van der Waals surface area contributed by atoms with Crippen LogP contribution in [0, 0.1) is 5.92 Å². The standard InChI is InChI=1S/C10H16O2/c1-2-9(10(11)12)8-6-4-3-5-7-8/h6,9H,2-5,7H2,1H3,(H,11,12)/t9-/m0/s1. The van der Waals surface area contributed by atoms with Crippen molar-refractivity contribution in [1.29, 1.82) is 0 Å². The molecular weight excluding hydrogens is 152 g/mol. The SMILES string of the molecule is CC[C@H](C(=O)O)C1=CCCCC1. The zero-order chi connectivity index (χ0) is 8.97. The van der Waals surface area contributed by atoms with E-state index in [0.29, 0.717) is 0 Å². The van der Waals surface area contributed by atoms with Gasteiger partial charge in [0.15, 0.2) is 0 Å². The molecule has 0 spiro atoms. The van der Waals surface area contributed by atoms with E-state index in [4.69, 9.17) is 5.11 Å². The van der Waals surface area contributed by atoms with Crippen LogP contribution in [0.3, 0.4) is 0 Å². The fourth-order valence-corrected chi connectivity index (χ4v) is 1.77. The predicted octanol–water partition coefficient (Wildman–Crippen LogP) is 2.60. The number of carboxylic acids is 1. The van der Waals surface area contributed by atoms with Gasteiger partial charge in [-0.1, -0.05) is 18.6 Å². The van der Waals surface area contributed by atoms with Crippen molar-refractivity contribution in [3.05, 3.63) is 11.6 Å². The van der Waals surface area contributed by atoms with Gasteiger partial charge in [0.05, 0.1) is 5.92 Å². The Bertz CT molecular complexity index is 194. The number of allylic oxidation sites excluding steroid dienone is 1. The number of aliphatic carboxylic acids is 1. The summed E-state index contributed by atoms with van der Waals surface area (Å²) in [6.45, 7) is 1.94. The highest BCUT2D eigenvalue weighted by Gasteiger charge is 2.20. The van der Waals surface area contributed by atoms with Crippen LogP contribution in [0.15, 0.2) is 11.6 Å². The minimum absolute atomic E-state index is 0.217. The lowest BCUT2D eigenvalue weighted by atomic mass is 9.88. The van der Waals surface area contributed by atoms with Crippen LogP contribution in [0.4, 0.5) is 0 Å². The molecule has 0 amide bonds. The lowest BCUT2D eigenvalue weighted by Crippen LogP contribution is -2.16. The molecule has 2 heteroatoms. The van der Waals surface area contributed by atoms with Crippen LogP contribution in [0.5, 0.6) is 0 Å². The summed E-state index contributed by atoms with van der Waals surface area (Å²) in [6.07, 6.45) is 7.28. The molecule has 0 heterocycles. The van der Waals surface area contributed by atoms with Gasteiger partial charge >= 0.3 is 5.97 Å². The van der Waals surface area contributed by atoms with Crippen molar-refractivity contribution in [2.75, 3.05) is 0 Å². The zero-order valence-corrected chi connectivity index (χ0v) is 7.55. The Balaban J connectivity index is 2.64. The number of hydrogen-bond donors (Lipinski definition) is 1. The van der Waals surface area contributed by atoms with Gasteiger partial charge in [0, 0.05) is 0 Å². The number of rotatable bonds is 3. The number of hydrogen-bond acceptors (Lipinski definition) is 1. The monoisotopic (exact) mass is 168 g/mol. The van der Waals surface area contributed by atoms with Gasteiger partial charge in [-0.05, 0) is 32.1 Å². The third-order valence-electron chi connectivity index (χ3n) is 2.48. The summed E-state index contributed by atoms with van der Waals surface area (Å²) in [4.78, 5) is 10.8. The van der Waals surface area contributed by atoms with Crippen LogP contribution >= 0.6 is 0 Å². The van der Waals surface area contributed by atoms with Crippen molar-refractivity contribution in [2.24, 2.45) is 5.92 Å². The largest absolute Gasteiger partial charge is 0.481 e. The van der Waals surface area contributed by atoms with Gasteiger partial charge in [-0.25, -0.2) is 0 Å². The normalized spacial score (nSPS) is 19.9. The lowest BCUT2D eigenvalue weighted by molar-refractivity contribution is -0.140. The summed E-state index contributed by atoms with van der Waals surface area (Å²) in [5, 5.41) is 8.88. The van der Waals surface area contributed by atoms with E-state index in [1.54, 1.807) is 0 Å². The fraction of sp³-hybridized carbons (Fsp3) is 0.700. The van der Waals surface area contributed by atoms with Crippen molar-refractivity contribution >= 4 is 5.97 Å². The molecule has 1 N–H and O–H groups in total. The Labute approximate surface area is 73.3 Å². The van der Waals surface area contributed by atoms with Crippen LogP contribution < -0.4 is 0 Å². The molecule has 0 radical (unpaired) electrons. The highest BCUT2D eigenvalue weighted by molar-refractivity contribution is 5.73. The Morgan fingerprint density at radius 3 is 2.83 bits per heavy atom. The maximum absolute atomic E-state index is 10.8. The molecule has 0 saturated carbocycles. The molecule has 12 heavy (non-hydrogen) atoms. The second-order valence-electron chi connectivity index (χ2n) is 3.32. The van der Waals surface area contributed by atoms with E-state index >= 15 is 0 Å². The van der Waals surface area contributed by atoms with Crippen molar-refractivity contribution in [2.45, 2.75) is 39.0 Å². The average Bonchev–Trinajstić information content (AvgIpc) is 2.07. The molecule has 0 saturated heterocycles. The molecule has 0 fully saturated rings. The topological polar surface area (TPSA) is 37.3 Å². The molecule has 0 bridgehead atoms. The second-order valence-corrected chi connectivity index (χ2v) is 3.32. The molecule has 0 aliphatic heterocycles. The van der Waals surface area contributed by atoms with Crippen LogP contribution in [-0.2, 0) is 4.79 Å². The van der Waals surface area contributed by atoms with Gasteiger partial charge < -0.3 is 5.11 Å². The summed E-state index contributed by atoms with van der Waals surface area (Å²) in [5.74, 6) is -0.879. The Kier molecular flexibility index (Phi) is 3.32. The van der Waals surface area contributed by atoms with Crippen molar-refractivity contribution < 1.29 is 9.90 Å². The van der Waals surface area contributed by atoms with Gasteiger partial charge in [-0.3, -0.25) is 4.79 Å². The quantitative estimate of drug-likeness (QED) is 0.658. The van der Waals surface area contributed by atoms with E-state index in [-0.39, 0.29) is 5.92 Å². The van der Waals surface area contributed by atoms with Crippen molar-refractivity contribution in [3.63, 3.8) is 0 Å². The summed E-state index contributed by atoms with van der Waals surface area (Å²) < 4.78 is 0. The summed E-state index contributed by atoms with van der Waals surface area (Å²) >= 11 is 0. The molecule has 68 valence electrons. The fourth-order valence-electron chi connectivity index (χ4n) is 1.77. The van der Waals surface area contributed by atoms with Gasteiger partial charge in [0.2, 0.25) is 0 Å². The lowest BCUT2D eigenvalue weighted by Gasteiger charge is -2.18. The molecule has 1 aliphatic rings. The number of carbonyl (C=O) groups is 1. The molecule has 0 aromatic carbocycles. The number of carboxylic acid groups (broad SMARTS) is 1. The third-order valence-corrected chi connectivity index (χ3v) is 2.48. The third kappa shape index (κ3) is 2.10. The van der Waals surface area contributed by atoms with E-state index in [9.17, 15) is 4.79 Å². The Morgan fingerprint density at radius 2 is 2.42 bits per heavy atom. The molecule has 1 atom stereocenters. The van der Waals surface area contributed by atoms with Crippen molar-refractivity contribution in [1.82, 2.24) is 0 Å². The summed E-state index contributed by atoms with van der Waals surface area (Å²) in [5.41, 5.74) is 1.15. The van der Waals surface area contributed by atoms with E-state index < -0.39 is 5.97 Å². The highest BCUT2D eigenvalue weighted by atomic mass is 16.4. The Morgan fingerprint density at radius 1 is 1.67 bits per heavy atom. The molecule has 0 aromatic rings. The van der Waals surface area contributed by atoms with Gasteiger partial charge in [0.25, 0.3) is 0 Å². The molecule has 0 unspecified atom stereocenters. The maximum Gasteiger partial charge on any atom is 0.310 e. The molecule has 0 aromatic heterocycles. The van der Waals surface area contributed by atoms with Gasteiger partial charge in [0.1, 0.15) is 0 Å². The van der Waals surface area contributed by atoms with E-state index in [1.807, 2.05) is 6.92 Å². The first-order chi connectivity index (χ1) is 5.75. The van der Waals surface area contributed by atoms with Crippen LogP contribution in [0.25, 0.3) is 0 Å². The average molecular weight is 168 g/mol. The second kappa shape index (κ2) is 4.29. The van der Waals surface area contributed by atoms with Gasteiger partial charge in [-0.2, -0.15) is 0 Å². The molecule has 2 nitrogen and oxygen atoms in total. The van der Waals surface area contributed by atoms with Crippen LogP contribution in [-0.4, -0.2) is 11.1 Å². The predicted molar refractivity (Wildman–Crippen MR) is 48.0 cm³/mol. The first kappa shape index (κ1) is 9.30. The molecule has 1 rings (SSSR count). The van der Waals surface area contributed by atoms with E-state index in [2.05, 4.69) is 6.08 Å². The maximum atomic E-state index is 10.8. The first-order valence-electron chi connectivity index (χ1n) is 4.67. The first-order valence-corrected chi connectivity index (χ1v) is 4.67. The van der Waals surface area contributed by atoms with Gasteiger partial charge in [-0.15, -0.1) is 0 Å². The smallest absolute Gasteiger partial charge is 0.310 e. The molecular formula is C10H16O2. The highest BCUT2D eigenvalue weighted by Crippen LogP contribution is 2.26. The summed E-state index contributed by atoms with van der Waals surface area (Å²) in [6, 6.07) is 0. The molecule has 1 aliphatic carbocycles. The Hall–Kier alpha value is -0.790. The van der Waals surface area contributed by atoms with E-state index in [0.717, 1.165) is 31.3 Å². The van der Waals surface area contributed by atoms with Crippen LogP contribution in [0.1, 0.15) is 39.0 Å². The van der Waals surface area contributed by atoms with Crippen molar-refractivity contribution in [3.8, 4) is 0 Å². The minimum Gasteiger partial charge on any atom is -0.481 e. The zero-order valence-electron chi connectivity index (χ0n) is 7.55. The van der Waals surface area contributed by atoms with E-state index in [1.165, 1.54) is 6.42 Å². The minimum atomic E-state index is -0.661. The van der Waals surface area contributed by atoms with Crippen LogP contribution in [0.2, 0.25) is 0 Å².